The zero-order chi connectivity index (χ0) is 12.0. The fourth-order valence-electron chi connectivity index (χ4n) is 1.72. The van der Waals surface area contributed by atoms with Gasteiger partial charge in [-0.2, -0.15) is 0 Å². The molecule has 0 saturated carbocycles. The van der Waals surface area contributed by atoms with E-state index in [9.17, 15) is 9.90 Å². The van der Waals surface area contributed by atoms with Crippen molar-refractivity contribution in [2.75, 3.05) is 0 Å². The highest BCUT2D eigenvalue weighted by Gasteiger charge is 2.38. The van der Waals surface area contributed by atoms with Crippen LogP contribution in [0.1, 0.15) is 33.1 Å². The molecule has 1 unspecified atom stereocenters. The van der Waals surface area contributed by atoms with E-state index in [0.29, 0.717) is 18.6 Å². The molecule has 0 aliphatic heterocycles. The number of carboxylic acids is 1. The maximum absolute atomic E-state index is 11.3. The zero-order valence-corrected chi connectivity index (χ0v) is 9.77. The first-order chi connectivity index (χ1) is 7.64. The Bertz CT molecular complexity index is 334. The molecule has 0 aromatic heterocycles. The standard InChI is InChI=1S/C13H18O3/c1-3-10-13(4-2,12(14)15)16-11-8-6-5-7-9-11/h5-9H,3-4,10H2,1-2H3,(H,14,15). The van der Waals surface area contributed by atoms with Crippen LogP contribution in [0.25, 0.3) is 0 Å². The van der Waals surface area contributed by atoms with E-state index in [0.717, 1.165) is 6.42 Å². The maximum Gasteiger partial charge on any atom is 0.348 e. The summed E-state index contributed by atoms with van der Waals surface area (Å²) < 4.78 is 5.65. The number of rotatable bonds is 6. The Hall–Kier alpha value is -1.51. The Balaban J connectivity index is 2.90. The van der Waals surface area contributed by atoms with Crippen molar-refractivity contribution in [3.63, 3.8) is 0 Å². The lowest BCUT2D eigenvalue weighted by Gasteiger charge is -2.29. The van der Waals surface area contributed by atoms with Crippen molar-refractivity contribution in [3.8, 4) is 5.75 Å². The summed E-state index contributed by atoms with van der Waals surface area (Å²) in [6.07, 6.45) is 1.77. The predicted molar refractivity (Wildman–Crippen MR) is 62.6 cm³/mol. The first-order valence-corrected chi connectivity index (χ1v) is 5.62. The van der Waals surface area contributed by atoms with Crippen molar-refractivity contribution in [1.29, 1.82) is 0 Å². The third-order valence-corrected chi connectivity index (χ3v) is 2.67. The van der Waals surface area contributed by atoms with Crippen LogP contribution in [0.3, 0.4) is 0 Å². The molecule has 0 radical (unpaired) electrons. The van der Waals surface area contributed by atoms with E-state index in [4.69, 9.17) is 4.74 Å². The first kappa shape index (κ1) is 12.6. The van der Waals surface area contributed by atoms with E-state index < -0.39 is 11.6 Å². The van der Waals surface area contributed by atoms with Gasteiger partial charge in [0, 0.05) is 0 Å². The van der Waals surface area contributed by atoms with E-state index in [1.807, 2.05) is 32.0 Å². The van der Waals surface area contributed by atoms with Gasteiger partial charge in [0.1, 0.15) is 5.75 Å². The molecule has 3 heteroatoms. The third kappa shape index (κ3) is 2.75. The lowest BCUT2D eigenvalue weighted by Crippen LogP contribution is -2.43. The van der Waals surface area contributed by atoms with Crippen molar-refractivity contribution in [2.24, 2.45) is 0 Å². The molecule has 1 rings (SSSR count). The Morgan fingerprint density at radius 2 is 1.94 bits per heavy atom. The van der Waals surface area contributed by atoms with Gasteiger partial charge in [0.15, 0.2) is 0 Å². The number of para-hydroxylation sites is 1. The molecule has 88 valence electrons. The molecule has 0 saturated heterocycles. The summed E-state index contributed by atoms with van der Waals surface area (Å²) in [5.41, 5.74) is -1.09. The molecular weight excluding hydrogens is 204 g/mol. The largest absolute Gasteiger partial charge is 0.478 e. The van der Waals surface area contributed by atoms with Gasteiger partial charge in [-0.05, 0) is 25.0 Å². The SMILES string of the molecule is CCCC(CC)(Oc1ccccc1)C(=O)O. The summed E-state index contributed by atoms with van der Waals surface area (Å²) in [5, 5.41) is 9.29. The molecule has 0 fully saturated rings. The van der Waals surface area contributed by atoms with Crippen molar-refractivity contribution >= 4 is 5.97 Å². The molecule has 1 N–H and O–H groups in total. The highest BCUT2D eigenvalue weighted by molar-refractivity contribution is 5.77. The van der Waals surface area contributed by atoms with Gasteiger partial charge < -0.3 is 9.84 Å². The summed E-state index contributed by atoms with van der Waals surface area (Å²) in [5.74, 6) is -0.277. The molecule has 0 aliphatic carbocycles. The van der Waals surface area contributed by atoms with Gasteiger partial charge in [0.25, 0.3) is 0 Å². The molecule has 1 atom stereocenters. The topological polar surface area (TPSA) is 46.5 Å². The van der Waals surface area contributed by atoms with Gasteiger partial charge >= 0.3 is 5.97 Å². The van der Waals surface area contributed by atoms with Crippen LogP contribution in [0.15, 0.2) is 30.3 Å². The summed E-state index contributed by atoms with van der Waals surface area (Å²) in [6.45, 7) is 3.80. The van der Waals surface area contributed by atoms with Gasteiger partial charge in [-0.1, -0.05) is 38.5 Å². The second kappa shape index (κ2) is 5.54. The Morgan fingerprint density at radius 1 is 1.31 bits per heavy atom. The summed E-state index contributed by atoms with van der Waals surface area (Å²) >= 11 is 0. The second-order valence-electron chi connectivity index (χ2n) is 3.82. The zero-order valence-electron chi connectivity index (χ0n) is 9.77. The molecule has 3 nitrogen and oxygen atoms in total. The van der Waals surface area contributed by atoms with E-state index in [2.05, 4.69) is 0 Å². The molecule has 1 aromatic carbocycles. The van der Waals surface area contributed by atoms with Crippen molar-refractivity contribution < 1.29 is 14.6 Å². The summed E-state index contributed by atoms with van der Waals surface area (Å²) in [4.78, 5) is 11.3. The average molecular weight is 222 g/mol. The van der Waals surface area contributed by atoms with Gasteiger partial charge in [-0.25, -0.2) is 4.79 Å². The molecule has 0 bridgehead atoms. The van der Waals surface area contributed by atoms with Gasteiger partial charge in [-0.3, -0.25) is 0 Å². The van der Waals surface area contributed by atoms with Crippen LogP contribution >= 0.6 is 0 Å². The first-order valence-electron chi connectivity index (χ1n) is 5.62. The number of hydrogen-bond acceptors (Lipinski definition) is 2. The number of aliphatic carboxylic acids is 1. The number of carbonyl (C=O) groups is 1. The normalized spacial score (nSPS) is 14.1. The minimum absolute atomic E-state index is 0.463. The van der Waals surface area contributed by atoms with E-state index in [-0.39, 0.29) is 0 Å². The third-order valence-electron chi connectivity index (χ3n) is 2.67. The molecule has 0 spiro atoms. The van der Waals surface area contributed by atoms with Crippen LogP contribution in [0.4, 0.5) is 0 Å². The number of carboxylic acid groups (broad SMARTS) is 1. The van der Waals surface area contributed by atoms with Crippen LogP contribution in [0, 0.1) is 0 Å². The van der Waals surface area contributed by atoms with Gasteiger partial charge in [0.05, 0.1) is 0 Å². The highest BCUT2D eigenvalue weighted by atomic mass is 16.5. The van der Waals surface area contributed by atoms with Crippen LogP contribution in [0.2, 0.25) is 0 Å². The predicted octanol–water partition coefficient (Wildman–Crippen LogP) is 3.10. The average Bonchev–Trinajstić information content (AvgIpc) is 2.29. The maximum atomic E-state index is 11.3. The molecular formula is C13H18O3. The van der Waals surface area contributed by atoms with Gasteiger partial charge in [0.2, 0.25) is 5.60 Å². The lowest BCUT2D eigenvalue weighted by molar-refractivity contribution is -0.156. The number of hydrogen-bond donors (Lipinski definition) is 1. The molecule has 0 aliphatic rings. The minimum Gasteiger partial charge on any atom is -0.478 e. The Labute approximate surface area is 96.1 Å². The van der Waals surface area contributed by atoms with Crippen LogP contribution < -0.4 is 4.74 Å². The van der Waals surface area contributed by atoms with E-state index in [1.165, 1.54) is 0 Å². The molecule has 0 heterocycles. The monoisotopic (exact) mass is 222 g/mol. The Morgan fingerprint density at radius 3 is 2.38 bits per heavy atom. The number of ether oxygens (including phenoxy) is 1. The fourth-order valence-corrected chi connectivity index (χ4v) is 1.72. The van der Waals surface area contributed by atoms with Gasteiger partial charge in [-0.15, -0.1) is 0 Å². The quantitative estimate of drug-likeness (QED) is 0.804. The Kier molecular flexibility index (Phi) is 4.35. The molecule has 0 amide bonds. The van der Waals surface area contributed by atoms with Crippen molar-refractivity contribution in [2.45, 2.75) is 38.7 Å². The van der Waals surface area contributed by atoms with Crippen molar-refractivity contribution in [1.82, 2.24) is 0 Å². The minimum atomic E-state index is -1.09. The van der Waals surface area contributed by atoms with Crippen LogP contribution in [0.5, 0.6) is 5.75 Å². The van der Waals surface area contributed by atoms with Crippen LogP contribution in [-0.4, -0.2) is 16.7 Å². The van der Waals surface area contributed by atoms with Crippen LogP contribution in [-0.2, 0) is 4.79 Å². The molecule has 16 heavy (non-hydrogen) atoms. The number of benzene rings is 1. The molecule has 1 aromatic rings. The second-order valence-corrected chi connectivity index (χ2v) is 3.82. The highest BCUT2D eigenvalue weighted by Crippen LogP contribution is 2.26. The van der Waals surface area contributed by atoms with E-state index in [1.54, 1.807) is 12.1 Å². The summed E-state index contributed by atoms with van der Waals surface area (Å²) in [6, 6.07) is 9.11. The fraction of sp³-hybridized carbons (Fsp3) is 0.462. The smallest absolute Gasteiger partial charge is 0.348 e. The van der Waals surface area contributed by atoms with E-state index >= 15 is 0 Å². The van der Waals surface area contributed by atoms with Crippen molar-refractivity contribution in [3.05, 3.63) is 30.3 Å². The summed E-state index contributed by atoms with van der Waals surface area (Å²) in [7, 11) is 0. The lowest BCUT2D eigenvalue weighted by atomic mass is 9.94.